The fourth-order valence-corrected chi connectivity index (χ4v) is 3.28. The Hall–Kier alpha value is -2.44. The van der Waals surface area contributed by atoms with Crippen molar-refractivity contribution in [3.05, 3.63) is 53.2 Å². The van der Waals surface area contributed by atoms with E-state index >= 15 is 0 Å². The largest absolute Gasteiger partial charge is 0.448 e. The smallest absolute Gasteiger partial charge is 0.317 e. The fourth-order valence-electron chi connectivity index (χ4n) is 3.28. The second kappa shape index (κ2) is 8.29. The van der Waals surface area contributed by atoms with Crippen molar-refractivity contribution in [1.82, 2.24) is 15.2 Å². The van der Waals surface area contributed by atoms with Crippen LogP contribution in [0.3, 0.4) is 0 Å². The zero-order valence-electron chi connectivity index (χ0n) is 14.8. The summed E-state index contributed by atoms with van der Waals surface area (Å²) in [6.07, 6.45) is 4.58. The van der Waals surface area contributed by atoms with E-state index in [4.69, 9.17) is 4.42 Å². The molecule has 7 heteroatoms. The molecule has 0 radical (unpaired) electrons. The summed E-state index contributed by atoms with van der Waals surface area (Å²) in [6, 6.07) is 3.63. The van der Waals surface area contributed by atoms with Crippen molar-refractivity contribution in [1.29, 1.82) is 0 Å². The van der Waals surface area contributed by atoms with Crippen molar-refractivity contribution in [2.75, 3.05) is 13.1 Å². The molecule has 1 aromatic heterocycles. The highest BCUT2D eigenvalue weighted by molar-refractivity contribution is 5.74. The van der Waals surface area contributed by atoms with Crippen LogP contribution in [0.25, 0.3) is 0 Å². The summed E-state index contributed by atoms with van der Waals surface area (Å²) in [5.41, 5.74) is 1.28. The van der Waals surface area contributed by atoms with Gasteiger partial charge in [0.25, 0.3) is 0 Å². The molecule has 1 N–H and O–H groups in total. The highest BCUT2D eigenvalue weighted by atomic mass is 19.1. The van der Waals surface area contributed by atoms with Gasteiger partial charge in [-0.1, -0.05) is 6.07 Å². The fraction of sp³-hybridized carbons (Fsp3) is 0.474. The van der Waals surface area contributed by atoms with Crippen molar-refractivity contribution in [2.45, 2.75) is 39.2 Å². The molecule has 1 saturated heterocycles. The predicted molar refractivity (Wildman–Crippen MR) is 92.5 cm³/mol. The maximum atomic E-state index is 13.7. The van der Waals surface area contributed by atoms with Gasteiger partial charge in [-0.15, -0.1) is 0 Å². The third-order valence-electron chi connectivity index (χ3n) is 4.99. The first kappa shape index (κ1) is 18.4. The van der Waals surface area contributed by atoms with Crippen LogP contribution >= 0.6 is 0 Å². The number of piperidine rings is 1. The number of nitrogens with one attached hydrogen (secondary N) is 1. The highest BCUT2D eigenvalue weighted by Gasteiger charge is 2.23. The number of hydrogen-bond acceptors (Lipinski definition) is 3. The van der Waals surface area contributed by atoms with Crippen molar-refractivity contribution in [3.8, 4) is 0 Å². The maximum Gasteiger partial charge on any atom is 0.317 e. The van der Waals surface area contributed by atoms with Crippen LogP contribution in [0.15, 0.2) is 29.0 Å². The lowest BCUT2D eigenvalue weighted by Gasteiger charge is -2.32. The summed E-state index contributed by atoms with van der Waals surface area (Å²) in [5, 5.41) is 2.86. The van der Waals surface area contributed by atoms with E-state index in [2.05, 4.69) is 10.3 Å². The molecule has 1 fully saturated rings. The first-order valence-corrected chi connectivity index (χ1v) is 8.88. The van der Waals surface area contributed by atoms with Gasteiger partial charge in [0.15, 0.2) is 6.39 Å². The van der Waals surface area contributed by atoms with E-state index in [-0.39, 0.29) is 6.03 Å². The molecule has 3 rings (SSSR count). The zero-order valence-corrected chi connectivity index (χ0v) is 14.8. The van der Waals surface area contributed by atoms with E-state index in [0.717, 1.165) is 31.0 Å². The normalized spacial score (nSPS) is 15.3. The molecule has 1 aromatic carbocycles. The predicted octanol–water partition coefficient (Wildman–Crippen LogP) is 3.82. The molecule has 1 aliphatic rings. The number of halogens is 2. The Labute approximate surface area is 151 Å². The minimum Gasteiger partial charge on any atom is -0.448 e. The Morgan fingerprint density at radius 1 is 1.35 bits per heavy atom. The van der Waals surface area contributed by atoms with Crippen LogP contribution in [-0.2, 0) is 13.0 Å². The van der Waals surface area contributed by atoms with Crippen LogP contribution in [0, 0.1) is 24.5 Å². The van der Waals surface area contributed by atoms with Crippen LogP contribution in [-0.4, -0.2) is 29.0 Å². The molecule has 2 aromatic rings. The van der Waals surface area contributed by atoms with Crippen molar-refractivity contribution < 1.29 is 18.0 Å². The molecule has 0 saturated carbocycles. The van der Waals surface area contributed by atoms with Crippen molar-refractivity contribution in [3.63, 3.8) is 0 Å². The number of nitrogens with zero attached hydrogens (tertiary/aromatic N) is 2. The number of aryl methyl sites for hydroxylation is 2. The van der Waals surface area contributed by atoms with E-state index in [1.54, 1.807) is 4.90 Å². The lowest BCUT2D eigenvalue weighted by Crippen LogP contribution is -2.44. The Bertz CT molecular complexity index is 755. The highest BCUT2D eigenvalue weighted by Crippen LogP contribution is 2.23. The van der Waals surface area contributed by atoms with Gasteiger partial charge in [0.1, 0.15) is 23.1 Å². The van der Waals surface area contributed by atoms with Gasteiger partial charge < -0.3 is 14.6 Å². The van der Waals surface area contributed by atoms with Gasteiger partial charge in [0, 0.05) is 19.2 Å². The van der Waals surface area contributed by atoms with Gasteiger partial charge >= 0.3 is 6.03 Å². The lowest BCUT2D eigenvalue weighted by molar-refractivity contribution is 0.167. The van der Waals surface area contributed by atoms with E-state index in [1.807, 2.05) is 6.92 Å². The average Bonchev–Trinajstić information content (AvgIpc) is 3.04. The summed E-state index contributed by atoms with van der Waals surface area (Å²) < 4.78 is 31.7. The third-order valence-corrected chi connectivity index (χ3v) is 4.99. The first-order valence-electron chi connectivity index (χ1n) is 8.88. The summed E-state index contributed by atoms with van der Waals surface area (Å²) in [4.78, 5) is 18.1. The number of amides is 2. The number of hydrogen-bond donors (Lipinski definition) is 1. The number of oxazole rings is 1. The van der Waals surface area contributed by atoms with E-state index in [9.17, 15) is 13.6 Å². The Morgan fingerprint density at radius 2 is 2.12 bits per heavy atom. The molecule has 0 aliphatic carbocycles. The molecule has 5 nitrogen and oxygen atoms in total. The second-order valence-corrected chi connectivity index (χ2v) is 6.72. The number of rotatable bonds is 5. The standard InChI is InChI=1S/C19H23F2N3O2/c1-13-18(23-12-26-13)11-22-19(25)24-8-6-14(7-9-24)2-3-15-4-5-16(20)10-17(15)21/h4-5,10,12,14H,2-3,6-9,11H2,1H3,(H,22,25). The summed E-state index contributed by atoms with van der Waals surface area (Å²) in [6.45, 7) is 3.52. The molecular formula is C19H23F2N3O2. The monoisotopic (exact) mass is 363 g/mol. The van der Waals surface area contributed by atoms with Crippen molar-refractivity contribution in [2.24, 2.45) is 5.92 Å². The number of likely N-dealkylation sites (tertiary alicyclic amines) is 1. The number of urea groups is 1. The molecule has 2 heterocycles. The van der Waals surface area contributed by atoms with Crippen LogP contribution < -0.4 is 5.32 Å². The molecule has 26 heavy (non-hydrogen) atoms. The first-order chi connectivity index (χ1) is 12.5. The molecule has 0 bridgehead atoms. The molecule has 140 valence electrons. The molecular weight excluding hydrogens is 340 g/mol. The minimum absolute atomic E-state index is 0.101. The summed E-state index contributed by atoms with van der Waals surface area (Å²) in [5.74, 6) is 0.120. The molecule has 0 unspecified atom stereocenters. The minimum atomic E-state index is -0.550. The lowest BCUT2D eigenvalue weighted by atomic mass is 9.90. The van der Waals surface area contributed by atoms with E-state index in [1.165, 1.54) is 18.5 Å². The molecule has 0 spiro atoms. The Balaban J connectivity index is 1.41. The van der Waals surface area contributed by atoms with Crippen molar-refractivity contribution >= 4 is 6.03 Å². The van der Waals surface area contributed by atoms with Crippen LogP contribution in [0.2, 0.25) is 0 Å². The number of benzene rings is 1. The summed E-state index contributed by atoms with van der Waals surface area (Å²) >= 11 is 0. The quantitative estimate of drug-likeness (QED) is 0.879. The maximum absolute atomic E-state index is 13.7. The summed E-state index contributed by atoms with van der Waals surface area (Å²) in [7, 11) is 0. The third kappa shape index (κ3) is 4.59. The van der Waals surface area contributed by atoms with Gasteiger partial charge in [0.2, 0.25) is 0 Å². The van der Waals surface area contributed by atoms with Gasteiger partial charge in [-0.05, 0) is 50.2 Å². The Kier molecular flexibility index (Phi) is 5.85. The van der Waals surface area contributed by atoms with Gasteiger partial charge in [0.05, 0.1) is 6.54 Å². The zero-order chi connectivity index (χ0) is 18.5. The molecule has 2 amide bonds. The second-order valence-electron chi connectivity index (χ2n) is 6.72. The van der Waals surface area contributed by atoms with Crippen LogP contribution in [0.4, 0.5) is 13.6 Å². The Morgan fingerprint density at radius 3 is 2.77 bits per heavy atom. The molecule has 0 atom stereocenters. The number of carbonyl (C=O) groups is 1. The topological polar surface area (TPSA) is 58.4 Å². The van der Waals surface area contributed by atoms with Crippen LogP contribution in [0.1, 0.15) is 36.3 Å². The average molecular weight is 363 g/mol. The SMILES string of the molecule is Cc1ocnc1CNC(=O)N1CCC(CCc2ccc(F)cc2F)CC1. The van der Waals surface area contributed by atoms with E-state index in [0.29, 0.717) is 43.3 Å². The van der Waals surface area contributed by atoms with Crippen LogP contribution in [0.5, 0.6) is 0 Å². The van der Waals surface area contributed by atoms with Gasteiger partial charge in [-0.2, -0.15) is 0 Å². The van der Waals surface area contributed by atoms with Gasteiger partial charge in [-0.25, -0.2) is 18.6 Å². The number of carbonyl (C=O) groups excluding carboxylic acids is 1. The molecule has 1 aliphatic heterocycles. The number of aromatic nitrogens is 1. The van der Waals surface area contributed by atoms with Gasteiger partial charge in [-0.3, -0.25) is 0 Å². The van der Waals surface area contributed by atoms with E-state index < -0.39 is 11.6 Å².